The molecule has 4 nitrogen and oxygen atoms in total. The van der Waals surface area contributed by atoms with Gasteiger partial charge >= 0.3 is 0 Å². The quantitative estimate of drug-likeness (QED) is 0.197. The molecular formula is C45H29N3O. The first-order valence-electron chi connectivity index (χ1n) is 16.6. The summed E-state index contributed by atoms with van der Waals surface area (Å²) in [5.41, 5.74) is 6.90. The zero-order valence-corrected chi connectivity index (χ0v) is 26.5. The van der Waals surface area contributed by atoms with Gasteiger partial charge in [0.2, 0.25) is 0 Å². The van der Waals surface area contributed by atoms with Crippen LogP contribution in [0.4, 0.5) is 0 Å². The molecule has 0 aliphatic carbocycles. The van der Waals surface area contributed by atoms with Crippen molar-refractivity contribution in [2.45, 2.75) is 6.17 Å². The minimum Gasteiger partial charge on any atom is -0.456 e. The fraction of sp³-hybridized carbons (Fsp3) is 0.0222. The summed E-state index contributed by atoms with van der Waals surface area (Å²) in [6.07, 6.45) is -0.406. The maximum atomic E-state index is 6.58. The van der Waals surface area contributed by atoms with Crippen molar-refractivity contribution in [3.05, 3.63) is 180 Å². The second-order valence-corrected chi connectivity index (χ2v) is 12.6. The maximum Gasteiger partial charge on any atom is 0.159 e. The van der Waals surface area contributed by atoms with Crippen LogP contribution in [0.2, 0.25) is 0 Å². The van der Waals surface area contributed by atoms with Crippen LogP contribution in [0.3, 0.4) is 0 Å². The Kier molecular flexibility index (Phi) is 6.21. The molecule has 0 saturated heterocycles. The number of furan rings is 1. The lowest BCUT2D eigenvalue weighted by atomic mass is 9.91. The number of amidine groups is 2. The topological polar surface area (TPSA) is 49.9 Å². The number of para-hydroxylation sites is 1. The minimum atomic E-state index is -0.406. The van der Waals surface area contributed by atoms with Crippen LogP contribution < -0.4 is 5.32 Å². The number of fused-ring (bicyclic) bond motifs is 9. The van der Waals surface area contributed by atoms with Gasteiger partial charge in [0, 0.05) is 27.5 Å². The van der Waals surface area contributed by atoms with Crippen LogP contribution >= 0.6 is 0 Å². The molecule has 2 heterocycles. The van der Waals surface area contributed by atoms with Crippen molar-refractivity contribution in [1.82, 2.24) is 5.32 Å². The Morgan fingerprint density at radius 2 is 1.00 bits per heavy atom. The van der Waals surface area contributed by atoms with E-state index in [2.05, 4.69) is 121 Å². The number of benzene rings is 8. The maximum absolute atomic E-state index is 6.58. The summed E-state index contributed by atoms with van der Waals surface area (Å²) in [5.74, 6) is 1.48. The van der Waals surface area contributed by atoms with Gasteiger partial charge in [-0.2, -0.15) is 0 Å². The highest BCUT2D eigenvalue weighted by Gasteiger charge is 2.25. The third-order valence-electron chi connectivity index (χ3n) is 9.70. The highest BCUT2D eigenvalue weighted by molar-refractivity contribution is 6.26. The molecule has 8 aromatic carbocycles. The summed E-state index contributed by atoms with van der Waals surface area (Å²) in [6.45, 7) is 0. The van der Waals surface area contributed by atoms with Crippen LogP contribution in [0.5, 0.6) is 0 Å². The largest absolute Gasteiger partial charge is 0.456 e. The number of nitrogens with one attached hydrogen (secondary N) is 1. The smallest absolute Gasteiger partial charge is 0.159 e. The van der Waals surface area contributed by atoms with Gasteiger partial charge in [-0.05, 0) is 67.7 Å². The summed E-state index contributed by atoms with van der Waals surface area (Å²) in [5, 5.41) is 13.4. The van der Waals surface area contributed by atoms with Crippen LogP contribution in [-0.4, -0.2) is 11.7 Å². The van der Waals surface area contributed by atoms with E-state index in [-0.39, 0.29) is 0 Å². The molecule has 49 heavy (non-hydrogen) atoms. The fourth-order valence-electron chi connectivity index (χ4n) is 7.42. The summed E-state index contributed by atoms with van der Waals surface area (Å²) >= 11 is 0. The zero-order chi connectivity index (χ0) is 32.3. The van der Waals surface area contributed by atoms with E-state index in [9.17, 15) is 0 Å². The van der Waals surface area contributed by atoms with Crippen LogP contribution in [0.25, 0.3) is 65.4 Å². The van der Waals surface area contributed by atoms with Crippen LogP contribution in [0.15, 0.2) is 178 Å². The van der Waals surface area contributed by atoms with Crippen molar-refractivity contribution >= 4 is 65.9 Å². The first-order chi connectivity index (χ1) is 24.3. The van der Waals surface area contributed by atoms with Gasteiger partial charge < -0.3 is 9.73 Å². The van der Waals surface area contributed by atoms with Crippen LogP contribution in [0.1, 0.15) is 22.9 Å². The molecule has 0 bridgehead atoms. The molecule has 1 aliphatic rings. The van der Waals surface area contributed by atoms with Crippen LogP contribution in [-0.2, 0) is 0 Å². The predicted octanol–water partition coefficient (Wildman–Crippen LogP) is 11.2. The van der Waals surface area contributed by atoms with Crippen molar-refractivity contribution in [1.29, 1.82) is 0 Å². The SMILES string of the molecule is c1ccc(C2=NC(c3cc(-c4ccc5c6ccccc6c6ccccc6c5c4)cc4oc5ccccc5c34)NC(c3ccccc3)=N2)cc1. The molecule has 10 rings (SSSR count). The monoisotopic (exact) mass is 627 g/mol. The molecule has 1 N–H and O–H groups in total. The predicted molar refractivity (Wildman–Crippen MR) is 204 cm³/mol. The number of hydrogen-bond acceptors (Lipinski definition) is 4. The molecule has 1 aromatic heterocycles. The molecular weight excluding hydrogens is 599 g/mol. The normalized spacial score (nSPS) is 14.7. The molecule has 9 aromatic rings. The van der Waals surface area contributed by atoms with E-state index in [1.165, 1.54) is 32.3 Å². The Bertz CT molecular complexity index is 2760. The number of aliphatic imine (C=N–C) groups is 2. The van der Waals surface area contributed by atoms with Gasteiger partial charge in [-0.1, -0.05) is 140 Å². The van der Waals surface area contributed by atoms with Gasteiger partial charge in [0.05, 0.1) is 0 Å². The van der Waals surface area contributed by atoms with Gasteiger partial charge in [-0.3, -0.25) is 0 Å². The van der Waals surface area contributed by atoms with Crippen LogP contribution in [0, 0.1) is 0 Å². The Hall–Kier alpha value is -6.52. The fourth-order valence-corrected chi connectivity index (χ4v) is 7.42. The lowest BCUT2D eigenvalue weighted by molar-refractivity contribution is 0.662. The van der Waals surface area contributed by atoms with E-state index < -0.39 is 6.17 Å². The Morgan fingerprint density at radius 3 is 1.69 bits per heavy atom. The summed E-state index contributed by atoms with van der Waals surface area (Å²) in [4.78, 5) is 10.3. The van der Waals surface area contributed by atoms with E-state index in [0.717, 1.165) is 55.6 Å². The molecule has 0 saturated carbocycles. The van der Waals surface area contributed by atoms with Gasteiger partial charge in [0.15, 0.2) is 5.84 Å². The lowest BCUT2D eigenvalue weighted by Gasteiger charge is -2.24. The standard InChI is InChI=1S/C45H29N3O/c1-3-13-28(14-4-1)43-46-44(29-15-5-2-6-16-29)48-45(47-43)39-26-31(27-41-42(39)37-21-11-12-22-40(37)49-41)30-23-24-36-34-19-8-7-17-32(34)33-18-9-10-20-35(33)38(36)25-30/h1-27,45H,(H,46,47,48). The van der Waals surface area contributed by atoms with E-state index in [0.29, 0.717) is 5.84 Å². The van der Waals surface area contributed by atoms with Crippen molar-refractivity contribution in [3.63, 3.8) is 0 Å². The summed E-state index contributed by atoms with van der Waals surface area (Å²) in [6, 6.07) is 57.5. The Labute approximate surface area is 282 Å². The number of nitrogens with zero attached hydrogens (tertiary/aromatic N) is 2. The summed E-state index contributed by atoms with van der Waals surface area (Å²) < 4.78 is 6.58. The molecule has 0 fully saturated rings. The van der Waals surface area contributed by atoms with E-state index >= 15 is 0 Å². The molecule has 230 valence electrons. The van der Waals surface area contributed by atoms with E-state index in [4.69, 9.17) is 14.4 Å². The third-order valence-corrected chi connectivity index (χ3v) is 9.70. The molecule has 4 heteroatoms. The lowest BCUT2D eigenvalue weighted by Crippen LogP contribution is -2.33. The second kappa shape index (κ2) is 11.0. The van der Waals surface area contributed by atoms with E-state index in [1.54, 1.807) is 0 Å². The molecule has 0 amide bonds. The molecule has 1 aliphatic heterocycles. The minimum absolute atomic E-state index is 0.406. The number of hydrogen-bond donors (Lipinski definition) is 1. The average molecular weight is 628 g/mol. The van der Waals surface area contributed by atoms with Crippen molar-refractivity contribution < 1.29 is 4.42 Å². The molecule has 1 atom stereocenters. The summed E-state index contributed by atoms with van der Waals surface area (Å²) in [7, 11) is 0. The van der Waals surface area contributed by atoms with Gasteiger partial charge in [0.25, 0.3) is 0 Å². The molecule has 0 spiro atoms. The second-order valence-electron chi connectivity index (χ2n) is 12.6. The molecule has 1 unspecified atom stereocenters. The first-order valence-corrected chi connectivity index (χ1v) is 16.6. The van der Waals surface area contributed by atoms with Gasteiger partial charge in [-0.15, -0.1) is 0 Å². The molecule has 0 radical (unpaired) electrons. The third kappa shape index (κ3) is 4.53. The van der Waals surface area contributed by atoms with Crippen molar-refractivity contribution in [3.8, 4) is 11.1 Å². The van der Waals surface area contributed by atoms with Crippen molar-refractivity contribution in [2.75, 3.05) is 0 Å². The zero-order valence-electron chi connectivity index (χ0n) is 26.5. The van der Waals surface area contributed by atoms with E-state index in [1.807, 2.05) is 48.5 Å². The highest BCUT2D eigenvalue weighted by Crippen LogP contribution is 2.41. The Morgan fingerprint density at radius 1 is 0.429 bits per heavy atom. The highest BCUT2D eigenvalue weighted by atomic mass is 16.3. The van der Waals surface area contributed by atoms with Crippen molar-refractivity contribution in [2.24, 2.45) is 9.98 Å². The van der Waals surface area contributed by atoms with Gasteiger partial charge in [-0.25, -0.2) is 9.98 Å². The average Bonchev–Trinajstić information content (AvgIpc) is 3.57. The Balaban J connectivity index is 1.22. The number of rotatable bonds is 4. The van der Waals surface area contributed by atoms with Gasteiger partial charge in [0.1, 0.15) is 23.2 Å². The first kappa shape index (κ1) is 27.6.